The molecule has 0 radical (unpaired) electrons. The fraction of sp³-hybridized carbons (Fsp3) is 0.133. The molecule has 110 valence electrons. The second-order valence-electron chi connectivity index (χ2n) is 4.25. The average Bonchev–Trinajstić information content (AvgIpc) is 2.45. The number of hydrogen-bond acceptors (Lipinski definition) is 2. The van der Waals surface area contributed by atoms with E-state index in [2.05, 4.69) is 0 Å². The minimum atomic E-state index is -5.03. The van der Waals surface area contributed by atoms with Gasteiger partial charge in [0.25, 0.3) is 5.78 Å². The summed E-state index contributed by atoms with van der Waals surface area (Å²) < 4.78 is 55.5. The summed E-state index contributed by atoms with van der Waals surface area (Å²) in [6, 6.07) is 11.3. The van der Waals surface area contributed by atoms with Crippen molar-refractivity contribution in [2.24, 2.45) is 0 Å². The molecule has 0 atom stereocenters. The third kappa shape index (κ3) is 3.81. The van der Waals surface area contributed by atoms with Gasteiger partial charge in [0.15, 0.2) is 11.6 Å². The van der Waals surface area contributed by atoms with Gasteiger partial charge < -0.3 is 4.74 Å². The number of alkyl halides is 3. The third-order valence-electron chi connectivity index (χ3n) is 2.69. The molecule has 0 aliphatic rings. The van der Waals surface area contributed by atoms with Crippen molar-refractivity contribution < 1.29 is 27.1 Å². The molecule has 0 saturated carbocycles. The van der Waals surface area contributed by atoms with E-state index in [9.17, 15) is 22.4 Å². The summed E-state index contributed by atoms with van der Waals surface area (Å²) in [5.74, 6) is -3.31. The monoisotopic (exact) mass is 298 g/mol. The number of ketones is 1. The molecule has 0 bridgehead atoms. The van der Waals surface area contributed by atoms with Crippen LogP contribution in [-0.2, 0) is 6.61 Å². The molecular formula is C15H10F4O2. The topological polar surface area (TPSA) is 26.3 Å². The molecule has 0 spiro atoms. The van der Waals surface area contributed by atoms with E-state index >= 15 is 0 Å². The summed E-state index contributed by atoms with van der Waals surface area (Å²) in [6.07, 6.45) is -5.03. The highest BCUT2D eigenvalue weighted by atomic mass is 19.4. The molecule has 0 unspecified atom stereocenters. The minimum Gasteiger partial charge on any atom is -0.486 e. The Morgan fingerprint density at radius 2 is 1.71 bits per heavy atom. The predicted octanol–water partition coefficient (Wildman–Crippen LogP) is 4.15. The molecule has 0 aliphatic heterocycles. The number of carbonyl (C=O) groups excluding carboxylic acids is 1. The number of Topliss-reactive ketones (excluding diaryl/α,β-unsaturated/α-hetero) is 1. The number of hydrogen-bond donors (Lipinski definition) is 0. The van der Waals surface area contributed by atoms with Crippen LogP contribution in [0.2, 0.25) is 0 Å². The van der Waals surface area contributed by atoms with Gasteiger partial charge in [-0.25, -0.2) is 4.39 Å². The van der Waals surface area contributed by atoms with E-state index in [4.69, 9.17) is 4.74 Å². The first-order chi connectivity index (χ1) is 9.88. The Morgan fingerprint density at radius 3 is 2.29 bits per heavy atom. The molecule has 2 aromatic carbocycles. The van der Waals surface area contributed by atoms with Crippen LogP contribution < -0.4 is 4.74 Å². The zero-order chi connectivity index (χ0) is 15.5. The lowest BCUT2D eigenvalue weighted by Crippen LogP contribution is -2.22. The normalized spacial score (nSPS) is 11.2. The van der Waals surface area contributed by atoms with Gasteiger partial charge in [0.2, 0.25) is 0 Å². The number of carbonyl (C=O) groups is 1. The number of benzene rings is 2. The molecule has 0 N–H and O–H groups in total. The summed E-state index contributed by atoms with van der Waals surface area (Å²) in [6.45, 7) is 0.0737. The number of rotatable bonds is 4. The number of ether oxygens (including phenoxy) is 1. The maximum atomic E-state index is 13.7. The fourth-order valence-corrected chi connectivity index (χ4v) is 1.66. The van der Waals surface area contributed by atoms with Crippen molar-refractivity contribution >= 4 is 5.78 Å². The fourth-order valence-electron chi connectivity index (χ4n) is 1.66. The molecule has 0 amide bonds. The first kappa shape index (κ1) is 15.0. The van der Waals surface area contributed by atoms with Crippen LogP contribution in [0, 0.1) is 5.82 Å². The van der Waals surface area contributed by atoms with Crippen LogP contribution in [0.15, 0.2) is 48.5 Å². The molecule has 0 aliphatic carbocycles. The van der Waals surface area contributed by atoms with E-state index in [1.807, 2.05) is 6.07 Å². The van der Waals surface area contributed by atoms with Crippen molar-refractivity contribution in [1.29, 1.82) is 0 Å². The van der Waals surface area contributed by atoms with E-state index in [0.717, 1.165) is 17.7 Å². The molecule has 0 aromatic heterocycles. The lowest BCUT2D eigenvalue weighted by molar-refractivity contribution is -0.0885. The van der Waals surface area contributed by atoms with Gasteiger partial charge in [-0.1, -0.05) is 30.3 Å². The van der Waals surface area contributed by atoms with Crippen molar-refractivity contribution in [3.8, 4) is 5.75 Å². The second-order valence-corrected chi connectivity index (χ2v) is 4.25. The summed E-state index contributed by atoms with van der Waals surface area (Å²) >= 11 is 0. The Kier molecular flexibility index (Phi) is 4.26. The highest BCUT2D eigenvalue weighted by molar-refractivity contribution is 6.00. The first-order valence-electron chi connectivity index (χ1n) is 5.96. The molecule has 0 fully saturated rings. The van der Waals surface area contributed by atoms with Gasteiger partial charge in [0.05, 0.1) is 0 Å². The van der Waals surface area contributed by atoms with E-state index in [1.165, 1.54) is 0 Å². The zero-order valence-electron chi connectivity index (χ0n) is 10.7. The molecular weight excluding hydrogens is 288 g/mol. The Labute approximate surface area is 118 Å². The van der Waals surface area contributed by atoms with E-state index < -0.39 is 23.3 Å². The Morgan fingerprint density at radius 1 is 1.05 bits per heavy atom. The van der Waals surface area contributed by atoms with Gasteiger partial charge in [-0.2, -0.15) is 13.2 Å². The third-order valence-corrected chi connectivity index (χ3v) is 2.69. The lowest BCUT2D eigenvalue weighted by Gasteiger charge is -2.09. The number of halogens is 4. The van der Waals surface area contributed by atoms with E-state index in [0.29, 0.717) is 6.07 Å². The van der Waals surface area contributed by atoms with Crippen LogP contribution in [0.5, 0.6) is 5.75 Å². The average molecular weight is 298 g/mol. The standard InChI is InChI=1S/C15H10F4O2/c16-12-8-11(14(20)15(17,18)19)6-7-13(12)21-9-10-4-2-1-3-5-10/h1-8H,9H2. The van der Waals surface area contributed by atoms with Crippen molar-refractivity contribution in [3.05, 3.63) is 65.5 Å². The van der Waals surface area contributed by atoms with Crippen molar-refractivity contribution in [2.45, 2.75) is 12.8 Å². The van der Waals surface area contributed by atoms with Crippen LogP contribution in [-0.4, -0.2) is 12.0 Å². The summed E-state index contributed by atoms with van der Waals surface area (Å²) in [4.78, 5) is 11.0. The van der Waals surface area contributed by atoms with Crippen molar-refractivity contribution in [2.75, 3.05) is 0 Å². The van der Waals surface area contributed by atoms with Gasteiger partial charge in [-0.05, 0) is 23.8 Å². The molecule has 21 heavy (non-hydrogen) atoms. The molecule has 2 aromatic rings. The highest BCUT2D eigenvalue weighted by Crippen LogP contribution is 2.25. The van der Waals surface area contributed by atoms with Crippen LogP contribution in [0.4, 0.5) is 17.6 Å². The molecule has 2 rings (SSSR count). The van der Waals surface area contributed by atoms with Crippen LogP contribution in [0.3, 0.4) is 0 Å². The zero-order valence-corrected chi connectivity index (χ0v) is 10.7. The maximum absolute atomic E-state index is 13.7. The molecule has 6 heteroatoms. The SMILES string of the molecule is O=C(c1ccc(OCc2ccccc2)c(F)c1)C(F)(F)F. The van der Waals surface area contributed by atoms with Gasteiger partial charge in [0.1, 0.15) is 6.61 Å². The Balaban J connectivity index is 2.11. The molecule has 2 nitrogen and oxygen atoms in total. The first-order valence-corrected chi connectivity index (χ1v) is 5.96. The van der Waals surface area contributed by atoms with Gasteiger partial charge >= 0.3 is 6.18 Å². The minimum absolute atomic E-state index is 0.0737. The second kappa shape index (κ2) is 5.95. The summed E-state index contributed by atoms with van der Waals surface area (Å²) in [5.41, 5.74) is 0.0272. The highest BCUT2D eigenvalue weighted by Gasteiger charge is 2.39. The maximum Gasteiger partial charge on any atom is 0.454 e. The van der Waals surface area contributed by atoms with Crippen LogP contribution in [0.25, 0.3) is 0 Å². The molecule has 0 saturated heterocycles. The van der Waals surface area contributed by atoms with Gasteiger partial charge in [0, 0.05) is 5.56 Å². The van der Waals surface area contributed by atoms with Gasteiger partial charge in [-0.3, -0.25) is 4.79 Å². The largest absolute Gasteiger partial charge is 0.486 e. The quantitative estimate of drug-likeness (QED) is 0.626. The Bertz CT molecular complexity index is 636. The van der Waals surface area contributed by atoms with E-state index in [1.54, 1.807) is 24.3 Å². The molecule has 0 heterocycles. The smallest absolute Gasteiger partial charge is 0.454 e. The van der Waals surface area contributed by atoms with Crippen LogP contribution in [0.1, 0.15) is 15.9 Å². The lowest BCUT2D eigenvalue weighted by atomic mass is 10.1. The summed E-state index contributed by atoms with van der Waals surface area (Å²) in [7, 11) is 0. The van der Waals surface area contributed by atoms with E-state index in [-0.39, 0.29) is 12.4 Å². The summed E-state index contributed by atoms with van der Waals surface area (Å²) in [5, 5.41) is 0. The van der Waals surface area contributed by atoms with Crippen LogP contribution >= 0.6 is 0 Å². The van der Waals surface area contributed by atoms with Crippen molar-refractivity contribution in [1.82, 2.24) is 0 Å². The van der Waals surface area contributed by atoms with Crippen molar-refractivity contribution in [3.63, 3.8) is 0 Å². The predicted molar refractivity (Wildman–Crippen MR) is 67.6 cm³/mol. The Hall–Kier alpha value is -2.37. The van der Waals surface area contributed by atoms with Gasteiger partial charge in [-0.15, -0.1) is 0 Å².